The second-order valence-corrected chi connectivity index (χ2v) is 7.15. The molecule has 120 valence electrons. The van der Waals surface area contributed by atoms with Gasteiger partial charge in [0.1, 0.15) is 12.2 Å². The lowest BCUT2D eigenvalue weighted by Crippen LogP contribution is -2.68. The molecule has 1 amide bonds. The van der Waals surface area contributed by atoms with E-state index in [0.717, 1.165) is 31.6 Å². The van der Waals surface area contributed by atoms with Gasteiger partial charge in [0, 0.05) is 38.6 Å². The van der Waals surface area contributed by atoms with Gasteiger partial charge in [0.25, 0.3) is 0 Å². The maximum atomic E-state index is 12.9. The summed E-state index contributed by atoms with van der Waals surface area (Å²) in [5.74, 6) is 1.35. The molecule has 0 N–H and O–H groups in total. The number of rotatable bonds is 3. The van der Waals surface area contributed by atoms with Crippen LogP contribution in [-0.4, -0.2) is 51.9 Å². The van der Waals surface area contributed by atoms with Crippen LogP contribution in [0.2, 0.25) is 0 Å². The lowest BCUT2D eigenvalue weighted by molar-refractivity contribution is -0.197. The van der Waals surface area contributed by atoms with Crippen LogP contribution in [0, 0.1) is 11.3 Å². The molecule has 2 fully saturated rings. The zero-order chi connectivity index (χ0) is 15.3. The minimum absolute atomic E-state index is 0.0622. The van der Waals surface area contributed by atoms with Crippen molar-refractivity contribution in [2.45, 2.75) is 57.2 Å². The fraction of sp³-hybridized carbons (Fsp3) is 0.812. The molecule has 6 heteroatoms. The second-order valence-electron chi connectivity index (χ2n) is 7.15. The quantitative estimate of drug-likeness (QED) is 0.843. The Labute approximate surface area is 130 Å². The fourth-order valence-electron chi connectivity index (χ4n) is 4.74. The third-order valence-corrected chi connectivity index (χ3v) is 6.30. The first kappa shape index (κ1) is 14.2. The molecule has 3 aliphatic rings. The Kier molecular flexibility index (Phi) is 3.25. The Balaban J connectivity index is 1.45. The fourth-order valence-corrected chi connectivity index (χ4v) is 4.74. The Morgan fingerprint density at radius 3 is 3.00 bits per heavy atom. The number of methoxy groups -OCH3 is 1. The summed E-state index contributed by atoms with van der Waals surface area (Å²) in [5, 5.41) is 8.04. The molecule has 1 aromatic rings. The molecule has 2 heterocycles. The van der Waals surface area contributed by atoms with Gasteiger partial charge in [0.15, 0.2) is 0 Å². The number of aryl methyl sites for hydroxylation is 1. The number of carbonyl (C=O) groups excluding carboxylic acids is 1. The normalized spacial score (nSPS) is 32.0. The van der Waals surface area contributed by atoms with Crippen molar-refractivity contribution in [3.63, 3.8) is 0 Å². The summed E-state index contributed by atoms with van der Waals surface area (Å²) in [7, 11) is 3.79. The van der Waals surface area contributed by atoms with Crippen molar-refractivity contribution in [1.82, 2.24) is 19.7 Å². The highest BCUT2D eigenvalue weighted by atomic mass is 16.5. The van der Waals surface area contributed by atoms with Gasteiger partial charge in [-0.15, -0.1) is 10.2 Å². The van der Waals surface area contributed by atoms with E-state index in [-0.39, 0.29) is 17.2 Å². The highest BCUT2D eigenvalue weighted by Crippen LogP contribution is 2.58. The molecule has 6 nitrogen and oxygen atoms in total. The Hall–Kier alpha value is -1.43. The first-order chi connectivity index (χ1) is 10.7. The van der Waals surface area contributed by atoms with Crippen molar-refractivity contribution in [2.24, 2.45) is 11.3 Å². The average Bonchev–Trinajstić information content (AvgIpc) is 2.91. The summed E-state index contributed by atoms with van der Waals surface area (Å²) < 4.78 is 7.65. The van der Waals surface area contributed by atoms with Gasteiger partial charge in [-0.25, -0.2) is 0 Å². The average molecular weight is 304 g/mol. The van der Waals surface area contributed by atoms with Crippen LogP contribution in [-0.2, 0) is 22.5 Å². The Morgan fingerprint density at radius 1 is 1.50 bits per heavy atom. The van der Waals surface area contributed by atoms with Crippen molar-refractivity contribution in [2.75, 3.05) is 14.2 Å². The van der Waals surface area contributed by atoms with Crippen molar-refractivity contribution >= 4 is 5.91 Å². The van der Waals surface area contributed by atoms with Gasteiger partial charge in [-0.3, -0.25) is 4.79 Å². The minimum atomic E-state index is 0.0622. The largest absolute Gasteiger partial charge is 0.381 e. The third kappa shape index (κ3) is 1.86. The van der Waals surface area contributed by atoms with E-state index in [4.69, 9.17) is 4.74 Å². The number of nitrogens with zero attached hydrogens (tertiary/aromatic N) is 4. The molecule has 1 spiro atoms. The number of amides is 1. The predicted octanol–water partition coefficient (Wildman–Crippen LogP) is 1.26. The molecule has 3 atom stereocenters. The minimum Gasteiger partial charge on any atom is -0.381 e. The summed E-state index contributed by atoms with van der Waals surface area (Å²) in [6.07, 6.45) is 8.48. The van der Waals surface area contributed by atoms with Crippen LogP contribution in [0.5, 0.6) is 0 Å². The predicted molar refractivity (Wildman–Crippen MR) is 80.1 cm³/mol. The van der Waals surface area contributed by atoms with Crippen molar-refractivity contribution in [1.29, 1.82) is 0 Å². The zero-order valence-electron chi connectivity index (χ0n) is 13.4. The lowest BCUT2D eigenvalue weighted by atomic mass is 9.50. The van der Waals surface area contributed by atoms with Gasteiger partial charge in [-0.05, 0) is 25.7 Å². The van der Waals surface area contributed by atoms with Crippen LogP contribution in [0.15, 0.2) is 6.33 Å². The molecule has 1 aliphatic heterocycles. The maximum absolute atomic E-state index is 12.9. The molecule has 0 saturated heterocycles. The van der Waals surface area contributed by atoms with Gasteiger partial charge < -0.3 is 14.2 Å². The van der Waals surface area contributed by atoms with Gasteiger partial charge in [0.2, 0.25) is 5.91 Å². The van der Waals surface area contributed by atoms with Crippen molar-refractivity contribution in [3.8, 4) is 0 Å². The molecule has 2 saturated carbocycles. The smallest absolute Gasteiger partial charge is 0.227 e. The van der Waals surface area contributed by atoms with E-state index in [9.17, 15) is 4.79 Å². The molecule has 0 aromatic carbocycles. The Bertz CT molecular complexity index is 580. The van der Waals surface area contributed by atoms with Crippen LogP contribution in [0.3, 0.4) is 0 Å². The molecule has 22 heavy (non-hydrogen) atoms. The first-order valence-corrected chi connectivity index (χ1v) is 8.32. The van der Waals surface area contributed by atoms with Gasteiger partial charge in [0.05, 0.1) is 12.0 Å². The molecule has 3 unspecified atom stereocenters. The number of carbonyl (C=O) groups is 1. The van der Waals surface area contributed by atoms with Crippen molar-refractivity contribution in [3.05, 3.63) is 12.2 Å². The summed E-state index contributed by atoms with van der Waals surface area (Å²) in [6.45, 7) is 0.721. The standard InChI is InChI=1S/C16H24N4O2/c1-19(12-8-13(22-2)16(12)6-3-7-16)15(21)11-4-5-14-18-17-10-20(14)9-11/h10-13H,3-9H2,1-2H3. The molecular weight excluding hydrogens is 280 g/mol. The van der Waals surface area contributed by atoms with E-state index in [1.54, 1.807) is 13.4 Å². The number of ether oxygens (including phenoxy) is 1. The number of fused-ring (bicyclic) bond motifs is 1. The van der Waals surface area contributed by atoms with E-state index in [2.05, 4.69) is 10.2 Å². The highest BCUT2D eigenvalue weighted by molar-refractivity contribution is 5.79. The van der Waals surface area contributed by atoms with E-state index in [1.807, 2.05) is 16.5 Å². The highest BCUT2D eigenvalue weighted by Gasteiger charge is 2.60. The number of hydrogen-bond acceptors (Lipinski definition) is 4. The van der Waals surface area contributed by atoms with Crippen LogP contribution >= 0.6 is 0 Å². The second kappa shape index (κ2) is 5.05. The third-order valence-electron chi connectivity index (χ3n) is 6.30. The number of hydrogen-bond donors (Lipinski definition) is 0. The SMILES string of the molecule is COC1CC(N(C)C(=O)C2CCc3nncn3C2)C12CCC2. The van der Waals surface area contributed by atoms with E-state index in [0.29, 0.717) is 12.1 Å². The zero-order valence-corrected chi connectivity index (χ0v) is 13.4. The molecule has 0 radical (unpaired) electrons. The maximum Gasteiger partial charge on any atom is 0.227 e. The van der Waals surface area contributed by atoms with Gasteiger partial charge in [-0.2, -0.15) is 0 Å². The molecule has 2 aliphatic carbocycles. The topological polar surface area (TPSA) is 60.2 Å². The molecule has 4 rings (SSSR count). The first-order valence-electron chi connectivity index (χ1n) is 8.32. The van der Waals surface area contributed by atoms with Crippen LogP contribution in [0.25, 0.3) is 0 Å². The van der Waals surface area contributed by atoms with Crippen LogP contribution in [0.1, 0.15) is 37.9 Å². The lowest BCUT2D eigenvalue weighted by Gasteiger charge is -2.63. The summed E-state index contributed by atoms with van der Waals surface area (Å²) in [5.41, 5.74) is 0.246. The van der Waals surface area contributed by atoms with E-state index < -0.39 is 0 Å². The molecule has 0 bridgehead atoms. The van der Waals surface area contributed by atoms with Crippen LogP contribution in [0.4, 0.5) is 0 Å². The summed E-state index contributed by atoms with van der Waals surface area (Å²) in [4.78, 5) is 14.9. The van der Waals surface area contributed by atoms with Gasteiger partial charge in [-0.1, -0.05) is 6.42 Å². The monoisotopic (exact) mass is 304 g/mol. The van der Waals surface area contributed by atoms with Crippen LogP contribution < -0.4 is 0 Å². The Morgan fingerprint density at radius 2 is 2.32 bits per heavy atom. The summed E-state index contributed by atoms with van der Waals surface area (Å²) >= 11 is 0. The van der Waals surface area contributed by atoms with Gasteiger partial charge >= 0.3 is 0 Å². The molecular formula is C16H24N4O2. The summed E-state index contributed by atoms with van der Waals surface area (Å²) in [6, 6.07) is 0.362. The molecule has 1 aromatic heterocycles. The van der Waals surface area contributed by atoms with E-state index >= 15 is 0 Å². The van der Waals surface area contributed by atoms with Crippen molar-refractivity contribution < 1.29 is 9.53 Å². The number of aromatic nitrogens is 3. The van der Waals surface area contributed by atoms with E-state index in [1.165, 1.54) is 19.3 Å².